The van der Waals surface area contributed by atoms with E-state index >= 15 is 0 Å². The molecule has 148 valence electrons. The molecule has 1 amide bonds. The molecule has 1 aliphatic heterocycles. The zero-order valence-electron chi connectivity index (χ0n) is 15.7. The van der Waals surface area contributed by atoms with Crippen LogP contribution in [-0.4, -0.2) is 75.3 Å². The van der Waals surface area contributed by atoms with Crippen molar-refractivity contribution >= 4 is 15.9 Å². The van der Waals surface area contributed by atoms with Gasteiger partial charge in [0.15, 0.2) is 0 Å². The Hall–Kier alpha value is -1.49. The zero-order valence-corrected chi connectivity index (χ0v) is 16.5. The van der Waals surface area contributed by atoms with Gasteiger partial charge in [0.25, 0.3) is 0 Å². The van der Waals surface area contributed by atoms with E-state index in [9.17, 15) is 13.2 Å². The van der Waals surface area contributed by atoms with Gasteiger partial charge in [-0.1, -0.05) is 0 Å². The number of rotatable bonds is 9. The highest BCUT2D eigenvalue weighted by Crippen LogP contribution is 2.26. The van der Waals surface area contributed by atoms with Gasteiger partial charge in [0, 0.05) is 45.8 Å². The standard InChI is InChI=1S/C16H29N5O4S/c1-12-15(13(2)20-19-12)26(23,24)21-9-4-14(5-10-21)16(22)18-7-6-17-8-11-25-3/h14,17H,4-11H2,1-3H3,(H,18,22)(H,19,20). The lowest BCUT2D eigenvalue weighted by molar-refractivity contribution is -0.126. The van der Waals surface area contributed by atoms with Gasteiger partial charge in [-0.15, -0.1) is 0 Å². The monoisotopic (exact) mass is 387 g/mol. The fraction of sp³-hybridized carbons (Fsp3) is 0.750. The SMILES string of the molecule is COCCNCCNC(=O)C1CCN(S(=O)(=O)c2c(C)n[nH]c2C)CC1. The Bertz CT molecular complexity index is 676. The van der Waals surface area contributed by atoms with E-state index in [0.29, 0.717) is 57.0 Å². The van der Waals surface area contributed by atoms with Crippen LogP contribution >= 0.6 is 0 Å². The maximum atomic E-state index is 12.8. The van der Waals surface area contributed by atoms with E-state index in [2.05, 4.69) is 20.8 Å². The third-order valence-electron chi connectivity index (χ3n) is 4.57. The number of piperidine rings is 1. The van der Waals surface area contributed by atoms with E-state index in [1.165, 1.54) is 4.31 Å². The summed E-state index contributed by atoms with van der Waals surface area (Å²) in [6, 6.07) is 0. The zero-order chi connectivity index (χ0) is 19.2. The topological polar surface area (TPSA) is 116 Å². The molecule has 0 bridgehead atoms. The number of sulfonamides is 1. The van der Waals surface area contributed by atoms with Crippen LogP contribution in [0.3, 0.4) is 0 Å². The normalized spacial score (nSPS) is 16.7. The molecular formula is C16H29N5O4S. The Labute approximate surface area is 154 Å². The minimum atomic E-state index is -3.57. The maximum Gasteiger partial charge on any atom is 0.246 e. The molecule has 1 aromatic rings. The lowest BCUT2D eigenvalue weighted by Gasteiger charge is -2.30. The van der Waals surface area contributed by atoms with E-state index in [-0.39, 0.29) is 16.7 Å². The Morgan fingerprint density at radius 2 is 1.96 bits per heavy atom. The van der Waals surface area contributed by atoms with Crippen molar-refractivity contribution in [3.8, 4) is 0 Å². The second kappa shape index (κ2) is 9.45. The average Bonchev–Trinajstić information content (AvgIpc) is 2.97. The number of ether oxygens (including phenoxy) is 1. The Balaban J connectivity index is 1.80. The van der Waals surface area contributed by atoms with Crippen LogP contribution < -0.4 is 10.6 Å². The van der Waals surface area contributed by atoms with Crippen molar-refractivity contribution in [3.05, 3.63) is 11.4 Å². The molecule has 0 aliphatic carbocycles. The average molecular weight is 388 g/mol. The van der Waals surface area contributed by atoms with Gasteiger partial charge in [0.2, 0.25) is 15.9 Å². The molecule has 0 saturated carbocycles. The van der Waals surface area contributed by atoms with Crippen molar-refractivity contribution < 1.29 is 17.9 Å². The number of aromatic nitrogens is 2. The molecule has 0 atom stereocenters. The van der Waals surface area contributed by atoms with E-state index in [1.807, 2.05) is 0 Å². The van der Waals surface area contributed by atoms with Crippen LogP contribution in [0.2, 0.25) is 0 Å². The van der Waals surface area contributed by atoms with Crippen molar-refractivity contribution in [2.75, 3.05) is 46.4 Å². The summed E-state index contributed by atoms with van der Waals surface area (Å²) in [5, 5.41) is 12.8. The predicted molar refractivity (Wildman–Crippen MR) is 97.3 cm³/mol. The highest BCUT2D eigenvalue weighted by atomic mass is 32.2. The smallest absolute Gasteiger partial charge is 0.246 e. The first-order valence-corrected chi connectivity index (χ1v) is 10.3. The van der Waals surface area contributed by atoms with Gasteiger partial charge in [-0.3, -0.25) is 9.89 Å². The first-order valence-electron chi connectivity index (χ1n) is 8.87. The van der Waals surface area contributed by atoms with Crippen LogP contribution in [0, 0.1) is 19.8 Å². The molecule has 2 rings (SSSR count). The second-order valence-corrected chi connectivity index (χ2v) is 8.35. The highest BCUT2D eigenvalue weighted by Gasteiger charge is 2.34. The number of aromatic amines is 1. The number of H-pyrrole nitrogens is 1. The van der Waals surface area contributed by atoms with Crippen molar-refractivity contribution in [1.29, 1.82) is 0 Å². The molecule has 1 fully saturated rings. The fourth-order valence-corrected chi connectivity index (χ4v) is 4.93. The number of nitrogens with zero attached hydrogens (tertiary/aromatic N) is 2. The predicted octanol–water partition coefficient (Wildman–Crippen LogP) is -0.221. The van der Waals surface area contributed by atoms with E-state index < -0.39 is 10.0 Å². The maximum absolute atomic E-state index is 12.8. The molecule has 0 unspecified atom stereocenters. The summed E-state index contributed by atoms with van der Waals surface area (Å²) in [5.41, 5.74) is 1.02. The Morgan fingerprint density at radius 3 is 2.54 bits per heavy atom. The van der Waals surface area contributed by atoms with Crippen molar-refractivity contribution in [3.63, 3.8) is 0 Å². The molecule has 1 aliphatic rings. The lowest BCUT2D eigenvalue weighted by Crippen LogP contribution is -2.44. The molecule has 0 radical (unpaired) electrons. The summed E-state index contributed by atoms with van der Waals surface area (Å²) >= 11 is 0. The summed E-state index contributed by atoms with van der Waals surface area (Å²) < 4.78 is 32.0. The summed E-state index contributed by atoms with van der Waals surface area (Å²) in [6.07, 6.45) is 1.05. The summed E-state index contributed by atoms with van der Waals surface area (Å²) in [4.78, 5) is 12.5. The fourth-order valence-electron chi connectivity index (χ4n) is 3.13. The van der Waals surface area contributed by atoms with Crippen LogP contribution in [0.4, 0.5) is 0 Å². The second-order valence-electron chi connectivity index (χ2n) is 6.48. The van der Waals surface area contributed by atoms with Crippen molar-refractivity contribution in [2.45, 2.75) is 31.6 Å². The summed E-state index contributed by atoms with van der Waals surface area (Å²) in [7, 11) is -1.93. The molecule has 26 heavy (non-hydrogen) atoms. The summed E-state index contributed by atoms with van der Waals surface area (Å²) in [6.45, 7) is 6.68. The summed E-state index contributed by atoms with van der Waals surface area (Å²) in [5.74, 6) is -0.154. The Morgan fingerprint density at radius 1 is 1.27 bits per heavy atom. The number of carbonyl (C=O) groups excluding carboxylic acids is 1. The number of aryl methyl sites for hydroxylation is 2. The number of methoxy groups -OCH3 is 1. The number of nitrogens with one attached hydrogen (secondary N) is 3. The quantitative estimate of drug-likeness (QED) is 0.505. The third kappa shape index (κ3) is 5.03. The molecular weight excluding hydrogens is 358 g/mol. The van der Waals surface area contributed by atoms with Crippen LogP contribution in [0.1, 0.15) is 24.2 Å². The van der Waals surface area contributed by atoms with Gasteiger partial charge in [-0.2, -0.15) is 9.40 Å². The number of hydrogen-bond acceptors (Lipinski definition) is 6. The van der Waals surface area contributed by atoms with Crippen molar-refractivity contribution in [1.82, 2.24) is 25.1 Å². The van der Waals surface area contributed by atoms with Gasteiger partial charge in [-0.25, -0.2) is 8.42 Å². The largest absolute Gasteiger partial charge is 0.383 e. The van der Waals surface area contributed by atoms with E-state index in [1.54, 1.807) is 21.0 Å². The molecule has 3 N–H and O–H groups in total. The van der Waals surface area contributed by atoms with Crippen molar-refractivity contribution in [2.24, 2.45) is 5.92 Å². The van der Waals surface area contributed by atoms with Gasteiger partial charge in [0.05, 0.1) is 18.0 Å². The molecule has 1 saturated heterocycles. The molecule has 0 spiro atoms. The molecule has 9 nitrogen and oxygen atoms in total. The van der Waals surface area contributed by atoms with Gasteiger partial charge < -0.3 is 15.4 Å². The Kier molecular flexibility index (Phi) is 7.56. The first kappa shape index (κ1) is 20.8. The van der Waals surface area contributed by atoms with Gasteiger partial charge in [0.1, 0.15) is 4.90 Å². The van der Waals surface area contributed by atoms with Crippen LogP contribution in [-0.2, 0) is 19.6 Å². The minimum absolute atomic E-state index is 0.00809. The van der Waals surface area contributed by atoms with E-state index in [4.69, 9.17) is 4.74 Å². The highest BCUT2D eigenvalue weighted by molar-refractivity contribution is 7.89. The van der Waals surface area contributed by atoms with Gasteiger partial charge >= 0.3 is 0 Å². The molecule has 10 heteroatoms. The molecule has 2 heterocycles. The first-order chi connectivity index (χ1) is 12.4. The van der Waals surface area contributed by atoms with Crippen LogP contribution in [0.5, 0.6) is 0 Å². The number of carbonyl (C=O) groups is 1. The minimum Gasteiger partial charge on any atom is -0.383 e. The number of hydrogen-bond donors (Lipinski definition) is 3. The molecule has 1 aromatic heterocycles. The van der Waals surface area contributed by atoms with Gasteiger partial charge in [-0.05, 0) is 26.7 Å². The van der Waals surface area contributed by atoms with Crippen LogP contribution in [0.25, 0.3) is 0 Å². The number of amides is 1. The van der Waals surface area contributed by atoms with E-state index in [0.717, 1.165) is 6.54 Å². The molecule has 0 aromatic carbocycles. The van der Waals surface area contributed by atoms with Crippen LogP contribution in [0.15, 0.2) is 4.90 Å². The third-order valence-corrected chi connectivity index (χ3v) is 6.73. The lowest BCUT2D eigenvalue weighted by atomic mass is 9.97.